The largest absolute Gasteiger partial charge is 0.391 e. The maximum Gasteiger partial charge on any atom is 0.245 e. The molecule has 79 heavy (non-hydrogen) atoms. The van der Waals surface area contributed by atoms with E-state index in [-0.39, 0.29) is 95.8 Å². The molecule has 0 aromatic rings. The Labute approximate surface area is 464 Å². The first-order valence-corrected chi connectivity index (χ1v) is 27.8. The van der Waals surface area contributed by atoms with E-state index in [0.29, 0.717) is 6.42 Å². The molecule has 1 aliphatic rings. The molecule has 1 saturated heterocycles. The fourth-order valence-electron chi connectivity index (χ4n) is 9.03. The predicted octanol–water partition coefficient (Wildman–Crippen LogP) is -4.47. The van der Waals surface area contributed by atoms with Gasteiger partial charge in [-0.05, 0) is 111 Å². The van der Waals surface area contributed by atoms with Crippen molar-refractivity contribution >= 4 is 64.6 Å². The van der Waals surface area contributed by atoms with Gasteiger partial charge < -0.3 is 86.5 Å². The van der Waals surface area contributed by atoms with Gasteiger partial charge in [-0.1, -0.05) is 40.0 Å². The molecule has 0 aromatic heterocycles. The van der Waals surface area contributed by atoms with Gasteiger partial charge in [0.2, 0.25) is 47.3 Å². The van der Waals surface area contributed by atoms with Crippen LogP contribution in [0, 0.1) is 23.7 Å². The molecule has 1 fully saturated rings. The van der Waals surface area contributed by atoms with Crippen molar-refractivity contribution in [2.75, 3.05) is 39.3 Å². The molecular formula is C52H95N13O14. The third kappa shape index (κ3) is 26.1. The zero-order valence-corrected chi connectivity index (χ0v) is 47.2. The number of nitrogens with one attached hydrogen (secondary N) is 8. The van der Waals surface area contributed by atoms with Crippen molar-refractivity contribution in [1.29, 1.82) is 0 Å². The summed E-state index contributed by atoms with van der Waals surface area (Å²) in [6.45, 7) is 8.25. The van der Waals surface area contributed by atoms with Gasteiger partial charge in [-0.2, -0.15) is 0 Å². The van der Waals surface area contributed by atoms with E-state index in [4.69, 9.17) is 28.7 Å². The third-order valence-electron chi connectivity index (χ3n) is 13.5. The fraction of sp³-hybridized carbons (Fsp3) is 0.788. The van der Waals surface area contributed by atoms with E-state index in [1.54, 1.807) is 13.8 Å². The quantitative estimate of drug-likeness (QED) is 0.0314. The lowest BCUT2D eigenvalue weighted by Crippen LogP contribution is -2.61. The molecule has 0 radical (unpaired) electrons. The number of hydrogen-bond acceptors (Lipinski definition) is 19. The van der Waals surface area contributed by atoms with E-state index in [2.05, 4.69) is 42.5 Å². The number of aliphatic hydroxyl groups is 3. The normalized spacial score (nSPS) is 24.0. The molecule has 0 unspecified atom stereocenters. The van der Waals surface area contributed by atoms with Crippen LogP contribution in [0.3, 0.4) is 0 Å². The lowest BCUT2D eigenvalue weighted by molar-refractivity contribution is -0.138. The fourth-order valence-corrected chi connectivity index (χ4v) is 9.03. The van der Waals surface area contributed by atoms with Gasteiger partial charge in [-0.25, -0.2) is 0 Å². The van der Waals surface area contributed by atoms with Crippen LogP contribution in [0.1, 0.15) is 138 Å². The van der Waals surface area contributed by atoms with Crippen molar-refractivity contribution < 1.29 is 68.1 Å². The van der Waals surface area contributed by atoms with Gasteiger partial charge in [0.25, 0.3) is 0 Å². The van der Waals surface area contributed by atoms with E-state index in [1.165, 1.54) is 20.8 Å². The Morgan fingerprint density at radius 2 is 1.10 bits per heavy atom. The van der Waals surface area contributed by atoms with Crippen LogP contribution in [0.4, 0.5) is 0 Å². The predicted molar refractivity (Wildman–Crippen MR) is 292 cm³/mol. The van der Waals surface area contributed by atoms with Crippen molar-refractivity contribution in [3.05, 3.63) is 0 Å². The number of ketones is 3. The second-order valence-corrected chi connectivity index (χ2v) is 21.0. The molecule has 0 spiro atoms. The van der Waals surface area contributed by atoms with E-state index in [1.807, 2.05) is 6.92 Å². The summed E-state index contributed by atoms with van der Waals surface area (Å²) in [7, 11) is 0. The van der Waals surface area contributed by atoms with Gasteiger partial charge >= 0.3 is 0 Å². The Bertz CT molecular complexity index is 1990. The monoisotopic (exact) mass is 1130 g/mol. The van der Waals surface area contributed by atoms with Crippen molar-refractivity contribution in [1.82, 2.24) is 42.5 Å². The van der Waals surface area contributed by atoms with Gasteiger partial charge in [0.05, 0.1) is 24.4 Å². The summed E-state index contributed by atoms with van der Waals surface area (Å²) in [5.41, 5.74) is 29.2. The highest BCUT2D eigenvalue weighted by molar-refractivity contribution is 5.99. The maximum absolute atomic E-state index is 14.4. The zero-order valence-electron chi connectivity index (χ0n) is 47.2. The number of carbonyl (C=O) groups excluding carboxylic acids is 11. The molecule has 1 rings (SSSR count). The standard InChI is InChI=1S/C52H95N13O14/c1-7-8-9-10-11-35(69)25-32(12-18-53)46(73)63-42(29(4)66)41(71)26-33(13-19-54)45(72)60-39-17-23-58-51(78)43(30(5)67)65-50(77)38(16-22-57)61-48(75)37(15-21-56)62-52(79)44(31(6)68)64-47(74)34(24-28(2)3)27-40(70)36(14-20-55)59-49(39)76/h28-34,36-39,42-44,66-68H,7-27,53-57H2,1-6H3,(H,58,78)(H,59,76)(H,60,72)(H,61,75)(H,62,79)(H,63,73)(H,64,74)(H,65,77)/t29-,30-,31-,32-,33-,34+,36+,37+,38+,39+,42+,43+,44+/m1/s1. The molecule has 8 amide bonds. The van der Waals surface area contributed by atoms with Gasteiger partial charge in [-0.15, -0.1) is 0 Å². The highest BCUT2D eigenvalue weighted by atomic mass is 16.3. The minimum absolute atomic E-state index is 0.0555. The van der Waals surface area contributed by atoms with Crippen molar-refractivity contribution in [3.8, 4) is 0 Å². The van der Waals surface area contributed by atoms with Crippen LogP contribution in [-0.4, -0.2) is 180 Å². The van der Waals surface area contributed by atoms with Gasteiger partial charge in [-0.3, -0.25) is 52.7 Å². The summed E-state index contributed by atoms with van der Waals surface area (Å²) in [5.74, 6) is -12.5. The second kappa shape index (κ2) is 38.2. The molecule has 27 nitrogen and oxygen atoms in total. The minimum atomic E-state index is -1.68. The zero-order chi connectivity index (χ0) is 59.9. The topological polar surface area (TPSA) is 475 Å². The number of Topliss-reactive ketones (excluding diaryl/α,β-unsaturated/α-hetero) is 3. The summed E-state index contributed by atoms with van der Waals surface area (Å²) in [4.78, 5) is 152. The molecular weight excluding hydrogens is 1030 g/mol. The molecule has 13 atom stereocenters. The summed E-state index contributed by atoms with van der Waals surface area (Å²) >= 11 is 0. The van der Waals surface area contributed by atoms with Gasteiger partial charge in [0.15, 0.2) is 11.6 Å². The van der Waals surface area contributed by atoms with Crippen LogP contribution in [0.15, 0.2) is 0 Å². The molecule has 452 valence electrons. The highest BCUT2D eigenvalue weighted by Gasteiger charge is 2.38. The first kappa shape index (κ1) is 71.5. The van der Waals surface area contributed by atoms with Crippen LogP contribution in [-0.2, 0) is 52.7 Å². The smallest absolute Gasteiger partial charge is 0.245 e. The van der Waals surface area contributed by atoms with E-state index < -0.39 is 163 Å². The van der Waals surface area contributed by atoms with E-state index in [9.17, 15) is 68.1 Å². The molecule has 27 heteroatoms. The number of rotatable bonds is 29. The Morgan fingerprint density at radius 1 is 0.595 bits per heavy atom. The van der Waals surface area contributed by atoms with E-state index >= 15 is 0 Å². The molecule has 21 N–H and O–H groups in total. The average molecular weight is 1130 g/mol. The average Bonchev–Trinajstić information content (AvgIpc) is 3.37. The molecule has 1 heterocycles. The van der Waals surface area contributed by atoms with Crippen LogP contribution in [0.25, 0.3) is 0 Å². The summed E-state index contributed by atoms with van der Waals surface area (Å²) in [6, 6.07) is -10.8. The van der Waals surface area contributed by atoms with Gasteiger partial charge in [0, 0.05) is 50.0 Å². The van der Waals surface area contributed by atoms with Crippen molar-refractivity contribution in [3.63, 3.8) is 0 Å². The number of unbranched alkanes of at least 4 members (excludes halogenated alkanes) is 3. The molecule has 0 aromatic carbocycles. The SMILES string of the molecule is CCCCCCC(=O)C[C@@H](CCN)C(=O)N[C@H](C(=O)C[C@@H](CCN)C(=O)N[C@H]1CCNC(=O)[C@H]([C@@H](C)O)NC(=O)[C@H](CCN)NC(=O)[C@H](CCN)NC(=O)[C@H]([C@@H](C)O)NC(=O)[C@@H](CC(C)C)CC(=O)[C@H](CCN)NC1=O)[C@@H](C)O. The number of nitrogens with two attached hydrogens (primary N) is 5. The number of amides is 8. The molecule has 1 aliphatic heterocycles. The Balaban J connectivity index is 3.82. The van der Waals surface area contributed by atoms with E-state index in [0.717, 1.165) is 19.3 Å². The summed E-state index contributed by atoms with van der Waals surface area (Å²) in [5, 5.41) is 52.2. The number of carbonyl (C=O) groups is 11. The molecule has 0 saturated carbocycles. The maximum atomic E-state index is 14.4. The first-order chi connectivity index (χ1) is 37.3. The number of aliphatic hydroxyl groups excluding tert-OH is 3. The van der Waals surface area contributed by atoms with Crippen LogP contribution in [0.5, 0.6) is 0 Å². The van der Waals surface area contributed by atoms with Crippen LogP contribution < -0.4 is 71.2 Å². The van der Waals surface area contributed by atoms with Crippen molar-refractivity contribution in [2.24, 2.45) is 52.3 Å². The van der Waals surface area contributed by atoms with Gasteiger partial charge in [0.1, 0.15) is 42.0 Å². The Morgan fingerprint density at radius 3 is 1.62 bits per heavy atom. The Kier molecular flexibility index (Phi) is 34.5. The Hall–Kier alpha value is -5.55. The van der Waals surface area contributed by atoms with Crippen LogP contribution >= 0.6 is 0 Å². The number of hydrogen-bond donors (Lipinski definition) is 16. The van der Waals surface area contributed by atoms with Crippen molar-refractivity contribution in [2.45, 2.75) is 198 Å². The lowest BCUT2D eigenvalue weighted by atomic mass is 9.88. The third-order valence-corrected chi connectivity index (χ3v) is 13.5. The molecule has 0 bridgehead atoms. The lowest BCUT2D eigenvalue weighted by Gasteiger charge is -2.28. The minimum Gasteiger partial charge on any atom is -0.391 e. The highest BCUT2D eigenvalue weighted by Crippen LogP contribution is 2.20. The summed E-state index contributed by atoms with van der Waals surface area (Å²) in [6.07, 6.45) is -3.06. The molecule has 0 aliphatic carbocycles. The van der Waals surface area contributed by atoms with Crippen LogP contribution in [0.2, 0.25) is 0 Å². The second-order valence-electron chi connectivity index (χ2n) is 21.0. The first-order valence-electron chi connectivity index (χ1n) is 27.8. The summed E-state index contributed by atoms with van der Waals surface area (Å²) < 4.78 is 0.